The van der Waals surface area contributed by atoms with Gasteiger partial charge in [-0.2, -0.15) is 0 Å². The van der Waals surface area contributed by atoms with E-state index < -0.39 is 5.79 Å². The van der Waals surface area contributed by atoms with Crippen LogP contribution in [0.4, 0.5) is 0 Å². The zero-order chi connectivity index (χ0) is 18.0. The molecule has 1 aliphatic carbocycles. The minimum atomic E-state index is -0.555. The minimum absolute atomic E-state index is 0.0187. The van der Waals surface area contributed by atoms with Crippen molar-refractivity contribution < 1.29 is 24.4 Å². The lowest BCUT2D eigenvalue weighted by Gasteiger charge is -2.36. The number of hydrogen-bond acceptors (Lipinski definition) is 5. The van der Waals surface area contributed by atoms with Crippen LogP contribution < -0.4 is 4.74 Å². The maximum Gasteiger partial charge on any atom is 0.201 e. The third-order valence-electron chi connectivity index (χ3n) is 5.15. The monoisotopic (exact) mass is 356 g/mol. The summed E-state index contributed by atoms with van der Waals surface area (Å²) >= 11 is 0. The van der Waals surface area contributed by atoms with E-state index in [9.17, 15) is 0 Å². The maximum absolute atomic E-state index is 9.02. The van der Waals surface area contributed by atoms with Crippen LogP contribution in [0.25, 0.3) is 16.3 Å². The molecule has 2 fully saturated rings. The fourth-order valence-electron chi connectivity index (χ4n) is 3.73. The van der Waals surface area contributed by atoms with Gasteiger partial charge < -0.3 is 14.6 Å². The second-order valence-corrected chi connectivity index (χ2v) is 6.85. The van der Waals surface area contributed by atoms with E-state index in [1.165, 1.54) is 0 Å². The Kier molecular flexibility index (Phi) is 4.96. The highest BCUT2D eigenvalue weighted by molar-refractivity contribution is 5.97. The van der Waals surface area contributed by atoms with Crippen molar-refractivity contribution in [3.05, 3.63) is 48.5 Å². The van der Waals surface area contributed by atoms with E-state index in [-0.39, 0.29) is 19.3 Å². The van der Waals surface area contributed by atoms with Gasteiger partial charge in [0.15, 0.2) is 0 Å². The Morgan fingerprint density at radius 3 is 2.62 bits per heavy atom. The Bertz CT molecular complexity index is 784. The molecule has 1 unspecified atom stereocenters. The van der Waals surface area contributed by atoms with E-state index >= 15 is 0 Å². The third kappa shape index (κ3) is 3.23. The van der Waals surface area contributed by atoms with Crippen LogP contribution in [0.5, 0.6) is 5.75 Å². The molecular weight excluding hydrogens is 332 g/mol. The summed E-state index contributed by atoms with van der Waals surface area (Å²) in [5.41, 5.74) is 1.80. The number of rotatable bonds is 5. The molecule has 1 atom stereocenters. The molecule has 1 N–H and O–H groups in total. The fourth-order valence-corrected chi connectivity index (χ4v) is 3.73. The molecule has 138 valence electrons. The summed E-state index contributed by atoms with van der Waals surface area (Å²) in [6, 6.07) is 11.9. The van der Waals surface area contributed by atoms with Crippen LogP contribution in [-0.2, 0) is 14.5 Å². The van der Waals surface area contributed by atoms with Gasteiger partial charge >= 0.3 is 0 Å². The molecule has 4 rings (SSSR count). The Balaban J connectivity index is 1.57. The molecule has 2 aromatic carbocycles. The topological polar surface area (TPSA) is 57.2 Å². The van der Waals surface area contributed by atoms with Crippen molar-refractivity contribution in [2.45, 2.75) is 37.6 Å². The van der Waals surface area contributed by atoms with Crippen LogP contribution in [0, 0.1) is 0 Å². The first-order chi connectivity index (χ1) is 12.7. The average molecular weight is 356 g/mol. The van der Waals surface area contributed by atoms with Gasteiger partial charge in [-0.25, -0.2) is 9.78 Å². The zero-order valence-electron chi connectivity index (χ0n) is 14.8. The summed E-state index contributed by atoms with van der Waals surface area (Å²) in [6.45, 7) is 4.93. The second-order valence-electron chi connectivity index (χ2n) is 6.85. The number of fused-ring (bicyclic) bond motifs is 1. The van der Waals surface area contributed by atoms with Gasteiger partial charge in [0, 0.05) is 18.2 Å². The molecule has 2 aromatic rings. The second kappa shape index (κ2) is 7.37. The minimum Gasteiger partial charge on any atom is -0.491 e. The van der Waals surface area contributed by atoms with Crippen molar-refractivity contribution in [2.75, 3.05) is 19.8 Å². The van der Waals surface area contributed by atoms with Gasteiger partial charge in [0.25, 0.3) is 0 Å². The fraction of sp³-hybridized carbons (Fsp3) is 0.429. The molecule has 1 aliphatic heterocycles. The summed E-state index contributed by atoms with van der Waals surface area (Å²) in [7, 11) is 0. The Labute approximate surface area is 153 Å². The van der Waals surface area contributed by atoms with E-state index in [0.717, 1.165) is 53.3 Å². The molecule has 5 nitrogen and oxygen atoms in total. The van der Waals surface area contributed by atoms with Gasteiger partial charge in [-0.3, -0.25) is 0 Å². The van der Waals surface area contributed by atoms with Crippen molar-refractivity contribution in [3.8, 4) is 5.75 Å². The summed E-state index contributed by atoms with van der Waals surface area (Å²) < 4.78 is 11.7. The maximum atomic E-state index is 9.02. The first-order valence-corrected chi connectivity index (χ1v) is 9.15. The molecule has 1 saturated heterocycles. The van der Waals surface area contributed by atoms with Gasteiger partial charge in [0.05, 0.1) is 13.2 Å². The molecule has 0 aromatic heterocycles. The van der Waals surface area contributed by atoms with E-state index in [1.807, 2.05) is 36.4 Å². The van der Waals surface area contributed by atoms with Gasteiger partial charge in [-0.05, 0) is 35.4 Å². The lowest BCUT2D eigenvalue weighted by Crippen LogP contribution is -2.43. The molecular formula is C21H24O5. The Morgan fingerprint density at radius 2 is 1.92 bits per heavy atom. The van der Waals surface area contributed by atoms with Gasteiger partial charge in [-0.15, -0.1) is 0 Å². The molecule has 0 radical (unpaired) electrons. The van der Waals surface area contributed by atoms with E-state index in [2.05, 4.69) is 6.58 Å². The highest BCUT2D eigenvalue weighted by Gasteiger charge is 2.42. The van der Waals surface area contributed by atoms with Crippen LogP contribution in [-0.4, -0.2) is 36.8 Å². The van der Waals surface area contributed by atoms with Crippen LogP contribution in [0.1, 0.15) is 31.2 Å². The lowest BCUT2D eigenvalue weighted by atomic mass is 9.95. The largest absolute Gasteiger partial charge is 0.491 e. The van der Waals surface area contributed by atoms with Crippen molar-refractivity contribution >= 4 is 16.3 Å². The predicted octanol–water partition coefficient (Wildman–Crippen LogP) is 3.84. The number of aliphatic hydroxyl groups excluding tert-OH is 1. The van der Waals surface area contributed by atoms with Crippen molar-refractivity contribution in [3.63, 3.8) is 0 Å². The van der Waals surface area contributed by atoms with Crippen LogP contribution in [0.3, 0.4) is 0 Å². The highest BCUT2D eigenvalue weighted by atomic mass is 17.2. The Hall–Kier alpha value is -1.92. The summed E-state index contributed by atoms with van der Waals surface area (Å²) in [5.74, 6) is 0.189. The SMILES string of the molecule is C=C(c1ccc(OCCO)c2ccccc12)C1COC2(CCCC2)OO1. The molecule has 2 aliphatic rings. The standard InChI is InChI=1S/C21H24O5/c1-15(20-14-24-21(26-25-20)10-4-5-11-21)16-8-9-19(23-13-12-22)18-7-3-2-6-17(16)18/h2-3,6-9,20,22H,1,4-5,10-14H2. The van der Waals surface area contributed by atoms with E-state index in [1.54, 1.807) is 0 Å². The van der Waals surface area contributed by atoms with Crippen LogP contribution in [0.2, 0.25) is 0 Å². The third-order valence-corrected chi connectivity index (χ3v) is 5.15. The highest BCUT2D eigenvalue weighted by Crippen LogP contribution is 2.40. The summed E-state index contributed by atoms with van der Waals surface area (Å²) in [4.78, 5) is 11.3. The summed E-state index contributed by atoms with van der Waals surface area (Å²) in [6.07, 6.45) is 3.64. The number of aliphatic hydroxyl groups is 1. The van der Waals surface area contributed by atoms with Crippen LogP contribution in [0.15, 0.2) is 43.0 Å². The van der Waals surface area contributed by atoms with Gasteiger partial charge in [0.2, 0.25) is 5.79 Å². The molecule has 5 heteroatoms. The average Bonchev–Trinajstić information content (AvgIpc) is 3.14. The molecule has 0 amide bonds. The number of benzene rings is 2. The lowest BCUT2D eigenvalue weighted by molar-refractivity contribution is -0.475. The number of ether oxygens (including phenoxy) is 2. The molecule has 26 heavy (non-hydrogen) atoms. The smallest absolute Gasteiger partial charge is 0.201 e. The van der Waals surface area contributed by atoms with Crippen molar-refractivity contribution in [2.24, 2.45) is 0 Å². The van der Waals surface area contributed by atoms with E-state index in [4.69, 9.17) is 24.4 Å². The Morgan fingerprint density at radius 1 is 1.15 bits per heavy atom. The predicted molar refractivity (Wildman–Crippen MR) is 98.7 cm³/mol. The molecule has 1 saturated carbocycles. The molecule has 0 bridgehead atoms. The van der Waals surface area contributed by atoms with Crippen molar-refractivity contribution in [1.29, 1.82) is 0 Å². The molecule has 1 heterocycles. The summed E-state index contributed by atoms with van der Waals surface area (Å²) in [5, 5.41) is 11.0. The first kappa shape index (κ1) is 17.5. The van der Waals surface area contributed by atoms with Crippen molar-refractivity contribution in [1.82, 2.24) is 0 Å². The quantitative estimate of drug-likeness (QED) is 0.825. The van der Waals surface area contributed by atoms with E-state index in [0.29, 0.717) is 6.61 Å². The normalized spacial score (nSPS) is 22.0. The van der Waals surface area contributed by atoms with Gasteiger partial charge in [0.1, 0.15) is 18.5 Å². The number of hydrogen-bond donors (Lipinski definition) is 1. The van der Waals surface area contributed by atoms with Gasteiger partial charge in [-0.1, -0.05) is 36.9 Å². The molecule has 1 spiro atoms. The zero-order valence-corrected chi connectivity index (χ0v) is 14.8. The van der Waals surface area contributed by atoms with Crippen LogP contribution >= 0.6 is 0 Å². The first-order valence-electron chi connectivity index (χ1n) is 9.15.